The van der Waals surface area contributed by atoms with Crippen LogP contribution in [0.3, 0.4) is 0 Å². The molecule has 0 radical (unpaired) electrons. The summed E-state index contributed by atoms with van der Waals surface area (Å²) in [6.45, 7) is 3.47. The summed E-state index contributed by atoms with van der Waals surface area (Å²) in [6, 6.07) is 5.47. The smallest absolute Gasteiger partial charge is 0.321 e. The predicted octanol–water partition coefficient (Wildman–Crippen LogP) is 1.68. The van der Waals surface area contributed by atoms with Gasteiger partial charge in [-0.15, -0.1) is 0 Å². The highest BCUT2D eigenvalue weighted by Gasteiger charge is 2.25. The van der Waals surface area contributed by atoms with Gasteiger partial charge in [0.25, 0.3) is 0 Å². The molecule has 112 valence electrons. The van der Waals surface area contributed by atoms with Crippen molar-refractivity contribution >= 4 is 26.9 Å². The van der Waals surface area contributed by atoms with Crippen LogP contribution in [0.4, 0.5) is 0 Å². The van der Waals surface area contributed by atoms with E-state index in [9.17, 15) is 13.2 Å². The molecule has 2 rings (SSSR count). The van der Waals surface area contributed by atoms with Gasteiger partial charge in [0, 0.05) is 11.6 Å². The Morgan fingerprint density at radius 1 is 1.43 bits per heavy atom. The summed E-state index contributed by atoms with van der Waals surface area (Å²) in [5.74, 6) is -1.20. The van der Waals surface area contributed by atoms with Gasteiger partial charge >= 0.3 is 5.97 Å². The average Bonchev–Trinajstić information content (AvgIpc) is 2.43. The molecule has 0 aliphatic rings. The number of hydrogen-bond donors (Lipinski definition) is 2. The lowest BCUT2D eigenvalue weighted by atomic mass is 10.2. The molecule has 0 bridgehead atoms. The molecule has 0 amide bonds. The molecular weight excluding hydrogens is 292 g/mol. The second-order valence-electron chi connectivity index (χ2n) is 4.76. The molecule has 0 spiro atoms. The van der Waals surface area contributed by atoms with E-state index >= 15 is 0 Å². The van der Waals surface area contributed by atoms with E-state index < -0.39 is 22.0 Å². The molecule has 21 heavy (non-hydrogen) atoms. The van der Waals surface area contributed by atoms with Crippen LogP contribution in [0.5, 0.6) is 0 Å². The van der Waals surface area contributed by atoms with Gasteiger partial charge < -0.3 is 5.11 Å². The third-order valence-corrected chi connectivity index (χ3v) is 4.61. The lowest BCUT2D eigenvalue weighted by Crippen LogP contribution is -2.40. The van der Waals surface area contributed by atoms with E-state index in [1.165, 1.54) is 6.07 Å². The van der Waals surface area contributed by atoms with E-state index in [1.807, 2.05) is 13.0 Å². The molecule has 2 N–H and O–H groups in total. The minimum atomic E-state index is -3.95. The molecular formula is C14H16N2O4S. The number of nitrogens with one attached hydrogen (secondary N) is 1. The lowest BCUT2D eigenvalue weighted by molar-refractivity contribution is -0.139. The first-order valence-corrected chi connectivity index (χ1v) is 7.94. The average molecular weight is 308 g/mol. The van der Waals surface area contributed by atoms with E-state index in [1.54, 1.807) is 25.3 Å². The number of nitrogens with zero attached hydrogens (tertiary/aromatic N) is 1. The van der Waals surface area contributed by atoms with Crippen LogP contribution in [0.25, 0.3) is 10.9 Å². The van der Waals surface area contributed by atoms with Crippen LogP contribution >= 0.6 is 0 Å². The number of carboxylic acid groups (broad SMARTS) is 1. The van der Waals surface area contributed by atoms with E-state index in [0.717, 1.165) is 5.56 Å². The first kappa shape index (κ1) is 15.4. The second kappa shape index (κ2) is 5.79. The Hall–Kier alpha value is -1.99. The number of sulfonamides is 1. The fourth-order valence-electron chi connectivity index (χ4n) is 2.02. The molecule has 1 heterocycles. The van der Waals surface area contributed by atoms with E-state index in [2.05, 4.69) is 9.71 Å². The maximum Gasteiger partial charge on any atom is 0.321 e. The number of carbonyl (C=O) groups is 1. The Morgan fingerprint density at radius 2 is 2.14 bits per heavy atom. The number of aromatic nitrogens is 1. The fraction of sp³-hybridized carbons (Fsp3) is 0.286. The molecule has 7 heteroatoms. The summed E-state index contributed by atoms with van der Waals surface area (Å²) in [7, 11) is -3.95. The van der Waals surface area contributed by atoms with Crippen LogP contribution in [0.15, 0.2) is 35.4 Å². The van der Waals surface area contributed by atoms with E-state index in [0.29, 0.717) is 10.9 Å². The lowest BCUT2D eigenvalue weighted by Gasteiger charge is -2.14. The number of benzene rings is 1. The van der Waals surface area contributed by atoms with Gasteiger partial charge in [-0.25, -0.2) is 8.42 Å². The van der Waals surface area contributed by atoms with Crippen LogP contribution in [0.1, 0.15) is 18.9 Å². The Kier molecular flexibility index (Phi) is 4.24. The number of fused-ring (bicyclic) bond motifs is 1. The predicted molar refractivity (Wildman–Crippen MR) is 78.5 cm³/mol. The van der Waals surface area contributed by atoms with Gasteiger partial charge in [0.2, 0.25) is 10.0 Å². The van der Waals surface area contributed by atoms with Gasteiger partial charge in [-0.3, -0.25) is 9.78 Å². The number of carboxylic acids is 1. The SMILES string of the molecule is CC[C@@H](NS(=O)(=O)c1cccc2cc(C)cnc12)C(=O)O. The van der Waals surface area contributed by atoms with Crippen LogP contribution in [-0.4, -0.2) is 30.5 Å². The summed E-state index contributed by atoms with van der Waals surface area (Å²) >= 11 is 0. The van der Waals surface area contributed by atoms with Crippen molar-refractivity contribution in [1.29, 1.82) is 0 Å². The Morgan fingerprint density at radius 3 is 2.76 bits per heavy atom. The largest absolute Gasteiger partial charge is 0.480 e. The van der Waals surface area contributed by atoms with Gasteiger partial charge in [0.1, 0.15) is 10.9 Å². The Balaban J connectivity index is 2.52. The molecule has 0 fully saturated rings. The number of para-hydroxylation sites is 1. The summed E-state index contributed by atoms with van der Waals surface area (Å²) < 4.78 is 27.0. The molecule has 1 aromatic carbocycles. The maximum absolute atomic E-state index is 12.4. The van der Waals surface area contributed by atoms with E-state index in [4.69, 9.17) is 5.11 Å². The van der Waals surface area contributed by atoms with Crippen molar-refractivity contribution in [2.75, 3.05) is 0 Å². The zero-order valence-corrected chi connectivity index (χ0v) is 12.5. The summed E-state index contributed by atoms with van der Waals surface area (Å²) in [6.07, 6.45) is 1.74. The number of hydrogen-bond acceptors (Lipinski definition) is 4. The molecule has 0 unspecified atom stereocenters. The van der Waals surface area contributed by atoms with Crippen LogP contribution in [0.2, 0.25) is 0 Å². The molecule has 0 saturated heterocycles. The Bertz CT molecular complexity index is 787. The summed E-state index contributed by atoms with van der Waals surface area (Å²) in [5.41, 5.74) is 1.25. The molecule has 6 nitrogen and oxygen atoms in total. The standard InChI is InChI=1S/C14H16N2O4S/c1-3-11(14(17)18)16-21(19,20)12-6-4-5-10-7-9(2)8-15-13(10)12/h4-8,11,16H,3H2,1-2H3,(H,17,18)/t11-/m1/s1. The summed E-state index contributed by atoms with van der Waals surface area (Å²) in [4.78, 5) is 15.1. The number of aliphatic carboxylic acids is 1. The molecule has 0 aliphatic heterocycles. The van der Waals surface area contributed by atoms with Crippen LogP contribution in [0, 0.1) is 6.92 Å². The van der Waals surface area contributed by atoms with Gasteiger partial charge in [0.15, 0.2) is 0 Å². The van der Waals surface area contributed by atoms with Crippen LogP contribution < -0.4 is 4.72 Å². The van der Waals surface area contributed by atoms with Crippen molar-refractivity contribution in [1.82, 2.24) is 9.71 Å². The van der Waals surface area contributed by atoms with Crippen molar-refractivity contribution in [3.8, 4) is 0 Å². The van der Waals surface area contributed by atoms with Crippen LogP contribution in [-0.2, 0) is 14.8 Å². The highest BCUT2D eigenvalue weighted by atomic mass is 32.2. The van der Waals surface area contributed by atoms with Crippen molar-refractivity contribution in [3.63, 3.8) is 0 Å². The molecule has 0 saturated carbocycles. The van der Waals surface area contributed by atoms with Gasteiger partial charge in [0.05, 0.1) is 5.52 Å². The second-order valence-corrected chi connectivity index (χ2v) is 6.44. The molecule has 2 aromatic rings. The third-order valence-electron chi connectivity index (χ3n) is 3.10. The van der Waals surface area contributed by atoms with Gasteiger partial charge in [-0.1, -0.05) is 19.1 Å². The summed E-state index contributed by atoms with van der Waals surface area (Å²) in [5, 5.41) is 9.69. The normalized spacial score (nSPS) is 13.2. The zero-order valence-electron chi connectivity index (χ0n) is 11.7. The van der Waals surface area contributed by atoms with Crippen molar-refractivity contribution in [3.05, 3.63) is 36.0 Å². The topological polar surface area (TPSA) is 96.4 Å². The quantitative estimate of drug-likeness (QED) is 0.876. The maximum atomic E-state index is 12.4. The number of aryl methyl sites for hydroxylation is 1. The first-order chi connectivity index (χ1) is 9.85. The molecule has 0 aliphatic carbocycles. The van der Waals surface area contributed by atoms with Crippen molar-refractivity contribution < 1.29 is 18.3 Å². The highest BCUT2D eigenvalue weighted by molar-refractivity contribution is 7.89. The number of pyridine rings is 1. The monoisotopic (exact) mass is 308 g/mol. The van der Waals surface area contributed by atoms with Crippen molar-refractivity contribution in [2.24, 2.45) is 0 Å². The Labute approximate surface area is 122 Å². The fourth-order valence-corrected chi connectivity index (χ4v) is 3.47. The number of rotatable bonds is 5. The minimum absolute atomic E-state index is 0.0142. The molecule has 1 atom stereocenters. The van der Waals surface area contributed by atoms with Crippen molar-refractivity contribution in [2.45, 2.75) is 31.2 Å². The van der Waals surface area contributed by atoms with E-state index in [-0.39, 0.29) is 11.3 Å². The zero-order chi connectivity index (χ0) is 15.6. The highest BCUT2D eigenvalue weighted by Crippen LogP contribution is 2.22. The minimum Gasteiger partial charge on any atom is -0.480 e. The van der Waals surface area contributed by atoms with Gasteiger partial charge in [-0.05, 0) is 31.0 Å². The molecule has 1 aromatic heterocycles. The third kappa shape index (κ3) is 3.20. The first-order valence-electron chi connectivity index (χ1n) is 6.45. The van der Waals surface area contributed by atoms with Gasteiger partial charge in [-0.2, -0.15) is 4.72 Å².